The van der Waals surface area contributed by atoms with E-state index in [2.05, 4.69) is 10.1 Å². The van der Waals surface area contributed by atoms with Crippen molar-refractivity contribution in [3.63, 3.8) is 0 Å². The molecule has 0 bridgehead atoms. The van der Waals surface area contributed by atoms with Gasteiger partial charge in [-0.1, -0.05) is 0 Å². The Bertz CT molecular complexity index is 155. The summed E-state index contributed by atoms with van der Waals surface area (Å²) in [5.74, 6) is -0.200. The molecule has 1 aliphatic heterocycles. The van der Waals surface area contributed by atoms with Crippen LogP contribution in [0.25, 0.3) is 0 Å². The summed E-state index contributed by atoms with van der Waals surface area (Å²) in [6.45, 7) is 2.52. The molecule has 0 saturated carbocycles. The van der Waals surface area contributed by atoms with Gasteiger partial charge in [0, 0.05) is 0 Å². The van der Waals surface area contributed by atoms with Crippen LogP contribution in [0.5, 0.6) is 0 Å². The second-order valence-electron chi connectivity index (χ2n) is 3.15. The van der Waals surface area contributed by atoms with Crippen molar-refractivity contribution < 1.29 is 14.3 Å². The number of piperidine rings is 1. The van der Waals surface area contributed by atoms with Crippen LogP contribution in [0.15, 0.2) is 0 Å². The first-order valence-corrected chi connectivity index (χ1v) is 4.72. The normalized spacial score (nSPS) is 18.5. The van der Waals surface area contributed by atoms with Gasteiger partial charge in [0.25, 0.3) is 0 Å². The molecule has 0 atom stereocenters. The summed E-state index contributed by atoms with van der Waals surface area (Å²) in [5.41, 5.74) is 0. The molecule has 0 aliphatic carbocycles. The zero-order valence-corrected chi connectivity index (χ0v) is 8.04. The maximum atomic E-state index is 10.7. The van der Waals surface area contributed by atoms with Crippen LogP contribution < -0.4 is 5.32 Å². The highest BCUT2D eigenvalue weighted by molar-refractivity contribution is 5.69. The van der Waals surface area contributed by atoms with Crippen molar-refractivity contribution in [1.29, 1.82) is 0 Å². The molecule has 0 radical (unpaired) electrons. The van der Waals surface area contributed by atoms with Crippen molar-refractivity contribution in [2.45, 2.75) is 25.4 Å². The monoisotopic (exact) mass is 187 g/mol. The minimum Gasteiger partial charge on any atom is -0.469 e. The number of esters is 1. The molecule has 0 amide bonds. The first-order chi connectivity index (χ1) is 6.33. The SMILES string of the molecule is COC(=O)CCOC1CCNCC1. The third kappa shape index (κ3) is 4.24. The highest BCUT2D eigenvalue weighted by Gasteiger charge is 2.13. The van der Waals surface area contributed by atoms with Crippen molar-refractivity contribution in [3.8, 4) is 0 Å². The molecule has 1 rings (SSSR count). The standard InChI is InChI=1S/C9H17NO3/c1-12-9(11)4-7-13-8-2-5-10-6-3-8/h8,10H,2-7H2,1H3. The Hall–Kier alpha value is -0.610. The average Bonchev–Trinajstić information content (AvgIpc) is 2.19. The van der Waals surface area contributed by atoms with E-state index in [9.17, 15) is 4.79 Å². The number of rotatable bonds is 4. The predicted octanol–water partition coefficient (Wildman–Crippen LogP) is 0.318. The van der Waals surface area contributed by atoms with E-state index in [0.29, 0.717) is 19.1 Å². The third-order valence-corrected chi connectivity index (χ3v) is 2.17. The maximum Gasteiger partial charge on any atom is 0.307 e. The molecule has 13 heavy (non-hydrogen) atoms. The van der Waals surface area contributed by atoms with Gasteiger partial charge in [-0.15, -0.1) is 0 Å². The number of hydrogen-bond donors (Lipinski definition) is 1. The number of hydrogen-bond acceptors (Lipinski definition) is 4. The smallest absolute Gasteiger partial charge is 0.307 e. The van der Waals surface area contributed by atoms with E-state index < -0.39 is 0 Å². The van der Waals surface area contributed by atoms with Gasteiger partial charge < -0.3 is 14.8 Å². The van der Waals surface area contributed by atoms with Crippen LogP contribution in [-0.2, 0) is 14.3 Å². The van der Waals surface area contributed by atoms with E-state index in [-0.39, 0.29) is 5.97 Å². The molecule has 1 heterocycles. The predicted molar refractivity (Wildman–Crippen MR) is 48.5 cm³/mol. The minimum absolute atomic E-state index is 0.200. The fourth-order valence-corrected chi connectivity index (χ4v) is 1.37. The summed E-state index contributed by atoms with van der Waals surface area (Å²) in [6.07, 6.45) is 2.77. The van der Waals surface area contributed by atoms with Gasteiger partial charge in [-0.05, 0) is 25.9 Å². The first kappa shape index (κ1) is 10.5. The Labute approximate surface area is 78.6 Å². The second kappa shape index (κ2) is 5.94. The van der Waals surface area contributed by atoms with E-state index >= 15 is 0 Å². The number of methoxy groups -OCH3 is 1. The molecule has 0 spiro atoms. The molecule has 1 N–H and O–H groups in total. The van der Waals surface area contributed by atoms with Gasteiger partial charge in [0.2, 0.25) is 0 Å². The van der Waals surface area contributed by atoms with Gasteiger partial charge >= 0.3 is 5.97 Å². The van der Waals surface area contributed by atoms with Crippen molar-refractivity contribution in [2.24, 2.45) is 0 Å². The van der Waals surface area contributed by atoms with Crippen molar-refractivity contribution in [2.75, 3.05) is 26.8 Å². The Morgan fingerprint density at radius 2 is 2.15 bits per heavy atom. The van der Waals surface area contributed by atoms with Gasteiger partial charge in [0.05, 0.1) is 26.2 Å². The van der Waals surface area contributed by atoms with Gasteiger partial charge in [0.15, 0.2) is 0 Å². The molecule has 4 heteroatoms. The molecule has 0 aromatic heterocycles. The molecule has 0 aromatic rings. The van der Waals surface area contributed by atoms with E-state index in [1.165, 1.54) is 7.11 Å². The number of ether oxygens (including phenoxy) is 2. The quantitative estimate of drug-likeness (QED) is 0.644. The summed E-state index contributed by atoms with van der Waals surface area (Å²) in [4.78, 5) is 10.7. The summed E-state index contributed by atoms with van der Waals surface area (Å²) in [5, 5.41) is 3.25. The molecule has 4 nitrogen and oxygen atoms in total. The molecule has 1 fully saturated rings. The van der Waals surface area contributed by atoms with Gasteiger partial charge in [0.1, 0.15) is 0 Å². The van der Waals surface area contributed by atoms with Crippen LogP contribution in [0.3, 0.4) is 0 Å². The molecule has 1 saturated heterocycles. The molecule has 0 unspecified atom stereocenters. The number of carbonyl (C=O) groups excluding carboxylic acids is 1. The highest BCUT2D eigenvalue weighted by Crippen LogP contribution is 2.07. The lowest BCUT2D eigenvalue weighted by Crippen LogP contribution is -2.32. The number of carbonyl (C=O) groups is 1. The van der Waals surface area contributed by atoms with Crippen LogP contribution in [0.2, 0.25) is 0 Å². The summed E-state index contributed by atoms with van der Waals surface area (Å²) >= 11 is 0. The Balaban J connectivity index is 2.01. The lowest BCUT2D eigenvalue weighted by molar-refractivity contribution is -0.142. The van der Waals surface area contributed by atoms with Crippen molar-refractivity contribution in [3.05, 3.63) is 0 Å². The maximum absolute atomic E-state index is 10.7. The van der Waals surface area contributed by atoms with E-state index in [1.54, 1.807) is 0 Å². The van der Waals surface area contributed by atoms with E-state index in [4.69, 9.17) is 4.74 Å². The van der Waals surface area contributed by atoms with Crippen LogP contribution >= 0.6 is 0 Å². The summed E-state index contributed by atoms with van der Waals surface area (Å²) in [6, 6.07) is 0. The summed E-state index contributed by atoms with van der Waals surface area (Å²) < 4.78 is 10.0. The van der Waals surface area contributed by atoms with Crippen LogP contribution in [-0.4, -0.2) is 38.9 Å². The lowest BCUT2D eigenvalue weighted by Gasteiger charge is -2.22. The number of nitrogens with one attached hydrogen (secondary N) is 1. The molecule has 0 aromatic carbocycles. The molecule has 76 valence electrons. The Morgan fingerprint density at radius 3 is 2.77 bits per heavy atom. The van der Waals surface area contributed by atoms with E-state index in [1.807, 2.05) is 0 Å². The summed E-state index contributed by atoms with van der Waals surface area (Å²) in [7, 11) is 1.40. The Kier molecular flexibility index (Phi) is 4.78. The van der Waals surface area contributed by atoms with Crippen LogP contribution in [0, 0.1) is 0 Å². The lowest BCUT2D eigenvalue weighted by atomic mass is 10.1. The van der Waals surface area contributed by atoms with Gasteiger partial charge in [-0.2, -0.15) is 0 Å². The zero-order chi connectivity index (χ0) is 9.52. The molecular weight excluding hydrogens is 170 g/mol. The topological polar surface area (TPSA) is 47.6 Å². The largest absolute Gasteiger partial charge is 0.469 e. The highest BCUT2D eigenvalue weighted by atomic mass is 16.5. The fourth-order valence-electron chi connectivity index (χ4n) is 1.37. The van der Waals surface area contributed by atoms with Crippen LogP contribution in [0.4, 0.5) is 0 Å². The van der Waals surface area contributed by atoms with E-state index in [0.717, 1.165) is 25.9 Å². The van der Waals surface area contributed by atoms with Crippen LogP contribution in [0.1, 0.15) is 19.3 Å². The third-order valence-electron chi connectivity index (χ3n) is 2.17. The van der Waals surface area contributed by atoms with Crippen molar-refractivity contribution in [1.82, 2.24) is 5.32 Å². The van der Waals surface area contributed by atoms with Gasteiger partial charge in [-0.25, -0.2) is 0 Å². The van der Waals surface area contributed by atoms with Gasteiger partial charge in [-0.3, -0.25) is 4.79 Å². The first-order valence-electron chi connectivity index (χ1n) is 4.72. The zero-order valence-electron chi connectivity index (χ0n) is 8.04. The molecule has 1 aliphatic rings. The van der Waals surface area contributed by atoms with Crippen molar-refractivity contribution >= 4 is 5.97 Å². The Morgan fingerprint density at radius 1 is 1.46 bits per heavy atom. The molecular formula is C9H17NO3. The average molecular weight is 187 g/mol. The minimum atomic E-state index is -0.200. The second-order valence-corrected chi connectivity index (χ2v) is 3.15. The fraction of sp³-hybridized carbons (Fsp3) is 0.889.